The minimum atomic E-state index is -3.98. The molecule has 0 bridgehead atoms. The Morgan fingerprint density at radius 2 is 1.78 bits per heavy atom. The van der Waals surface area contributed by atoms with Crippen molar-refractivity contribution in [2.45, 2.75) is 62.4 Å². The van der Waals surface area contributed by atoms with Gasteiger partial charge < -0.3 is 20.2 Å². The highest BCUT2D eigenvalue weighted by Gasteiger charge is 2.33. The van der Waals surface area contributed by atoms with E-state index in [2.05, 4.69) is 26.1 Å². The van der Waals surface area contributed by atoms with Crippen molar-refractivity contribution in [3.8, 4) is 0 Å². The molecular weight excluding hydrogens is 428 g/mol. The molecule has 32 heavy (non-hydrogen) atoms. The number of nitrogens with zero attached hydrogens (tertiary/aromatic N) is 4. The zero-order chi connectivity index (χ0) is 22.6. The number of anilines is 2. The molecule has 174 valence electrons. The Morgan fingerprint density at radius 1 is 1.12 bits per heavy atom. The molecule has 9 nitrogen and oxygen atoms in total. The highest BCUT2D eigenvalue weighted by Crippen LogP contribution is 2.39. The van der Waals surface area contributed by atoms with Crippen molar-refractivity contribution >= 4 is 21.5 Å². The molecule has 2 heterocycles. The third kappa shape index (κ3) is 3.68. The molecule has 0 amide bonds. The Bertz CT molecular complexity index is 1110. The van der Waals surface area contributed by atoms with E-state index in [0.29, 0.717) is 18.9 Å². The Balaban J connectivity index is 1.38. The summed E-state index contributed by atoms with van der Waals surface area (Å²) in [4.78, 5) is 4.10. The molecule has 0 saturated carbocycles. The van der Waals surface area contributed by atoms with Gasteiger partial charge >= 0.3 is 0 Å². The summed E-state index contributed by atoms with van der Waals surface area (Å²) in [6, 6.07) is 2.55. The summed E-state index contributed by atoms with van der Waals surface area (Å²) in [5.41, 5.74) is 6.02. The van der Waals surface area contributed by atoms with Crippen molar-refractivity contribution in [3.63, 3.8) is 0 Å². The van der Waals surface area contributed by atoms with Crippen molar-refractivity contribution in [3.05, 3.63) is 34.5 Å². The highest BCUT2D eigenvalue weighted by molar-refractivity contribution is 7.89. The van der Waals surface area contributed by atoms with Crippen LogP contribution >= 0.6 is 0 Å². The van der Waals surface area contributed by atoms with Crippen LogP contribution in [-0.4, -0.2) is 68.3 Å². The lowest BCUT2D eigenvalue weighted by Crippen LogP contribution is -2.47. The summed E-state index contributed by atoms with van der Waals surface area (Å²) < 4.78 is 30.5. The van der Waals surface area contributed by atoms with E-state index in [1.807, 2.05) is 26.0 Å². The number of aliphatic hydroxyl groups is 1. The van der Waals surface area contributed by atoms with Gasteiger partial charge in [0.2, 0.25) is 10.0 Å². The Morgan fingerprint density at radius 3 is 2.41 bits per heavy atom. The van der Waals surface area contributed by atoms with Crippen LogP contribution < -0.4 is 14.9 Å². The lowest BCUT2D eigenvalue weighted by molar-refractivity contribution is 0.192. The largest absolute Gasteiger partial charge is 0.360 e. The molecule has 2 unspecified atom stereocenters. The number of aryl methyl sites for hydroxylation is 2. The maximum atomic E-state index is 13.2. The summed E-state index contributed by atoms with van der Waals surface area (Å²) in [5.74, 6) is 0.546. The smallest absolute Gasteiger partial charge is 0.249 e. The van der Waals surface area contributed by atoms with Crippen LogP contribution in [-0.2, 0) is 42.3 Å². The third-order valence-electron chi connectivity index (χ3n) is 7.05. The van der Waals surface area contributed by atoms with Gasteiger partial charge in [-0.25, -0.2) is 13.1 Å². The Hall–Kier alpha value is -2.14. The Kier molecular flexibility index (Phi) is 5.43. The lowest BCUT2D eigenvalue weighted by atomic mass is 9.99. The minimum absolute atomic E-state index is 0.0848. The van der Waals surface area contributed by atoms with Crippen LogP contribution in [0.3, 0.4) is 0 Å². The fourth-order valence-corrected chi connectivity index (χ4v) is 6.59. The van der Waals surface area contributed by atoms with E-state index in [-0.39, 0.29) is 10.9 Å². The van der Waals surface area contributed by atoms with Crippen LogP contribution in [0.25, 0.3) is 0 Å². The van der Waals surface area contributed by atoms with E-state index in [1.54, 1.807) is 4.68 Å². The number of aliphatic hydroxyl groups excluding tert-OH is 1. The first-order valence-electron chi connectivity index (χ1n) is 11.3. The van der Waals surface area contributed by atoms with E-state index in [1.165, 1.54) is 28.5 Å². The number of benzene rings is 1. The van der Waals surface area contributed by atoms with Gasteiger partial charge in [-0.3, -0.25) is 0 Å². The number of likely N-dealkylation sites (N-methyl/N-ethyl adjacent to an activating group) is 2. The van der Waals surface area contributed by atoms with Gasteiger partial charge in [0, 0.05) is 25.3 Å². The number of aromatic nitrogens is 2. The first kappa shape index (κ1) is 21.7. The normalized spacial score (nSPS) is 20.9. The van der Waals surface area contributed by atoms with Gasteiger partial charge in [-0.1, -0.05) is 6.07 Å². The van der Waals surface area contributed by atoms with Gasteiger partial charge in [0.05, 0.1) is 12.7 Å². The molecule has 0 radical (unpaired) electrons. The SMILES string of the molecule is CN1CC(N(C)C)Cn2ncc(S(=O)(=O)NC(O)Nc3c4c(cc5c3CCC5)CCC4)c21. The van der Waals surface area contributed by atoms with Gasteiger partial charge in [0.1, 0.15) is 10.7 Å². The predicted octanol–water partition coefficient (Wildman–Crippen LogP) is 0.907. The molecule has 1 aromatic carbocycles. The van der Waals surface area contributed by atoms with Gasteiger partial charge in [0.15, 0.2) is 6.35 Å². The quantitative estimate of drug-likeness (QED) is 0.551. The molecule has 1 aliphatic heterocycles. The minimum Gasteiger partial charge on any atom is -0.360 e. The number of rotatable bonds is 6. The molecule has 0 spiro atoms. The number of hydrogen-bond acceptors (Lipinski definition) is 7. The van der Waals surface area contributed by atoms with Crippen LogP contribution in [0.5, 0.6) is 0 Å². The van der Waals surface area contributed by atoms with Crippen LogP contribution in [0, 0.1) is 0 Å². The highest BCUT2D eigenvalue weighted by atomic mass is 32.2. The monoisotopic (exact) mass is 460 g/mol. The van der Waals surface area contributed by atoms with Crippen molar-refractivity contribution in [2.24, 2.45) is 0 Å². The lowest BCUT2D eigenvalue weighted by Gasteiger charge is -2.35. The average Bonchev–Trinajstić information content (AvgIpc) is 3.46. The molecule has 5 rings (SSSR count). The predicted molar refractivity (Wildman–Crippen MR) is 123 cm³/mol. The number of hydrogen-bond donors (Lipinski definition) is 3. The van der Waals surface area contributed by atoms with Crippen molar-refractivity contribution in [1.82, 2.24) is 19.4 Å². The standard InChI is InChI=1S/C22H32N6O3S/c1-26(2)16-12-27(3)21-19(11-23-28(21)13-16)32(30,31)25-22(29)24-20-17-8-4-6-14(17)10-15-7-5-9-18(15)20/h10-11,16,22,24-25,29H,4-9,12-13H2,1-3H3. The zero-order valence-corrected chi connectivity index (χ0v) is 19.7. The summed E-state index contributed by atoms with van der Waals surface area (Å²) in [7, 11) is 1.90. The van der Waals surface area contributed by atoms with Crippen molar-refractivity contribution in [1.29, 1.82) is 0 Å². The van der Waals surface area contributed by atoms with E-state index < -0.39 is 16.4 Å². The average molecular weight is 461 g/mol. The second-order valence-electron chi connectivity index (χ2n) is 9.41. The summed E-state index contributed by atoms with van der Waals surface area (Å²) >= 11 is 0. The molecule has 1 aromatic heterocycles. The van der Waals surface area contributed by atoms with E-state index >= 15 is 0 Å². The van der Waals surface area contributed by atoms with Gasteiger partial charge in [0.25, 0.3) is 0 Å². The molecule has 2 aliphatic carbocycles. The molecule has 2 aromatic rings. The van der Waals surface area contributed by atoms with E-state index in [9.17, 15) is 13.5 Å². The first-order chi connectivity index (χ1) is 15.2. The van der Waals surface area contributed by atoms with Gasteiger partial charge in [-0.05, 0) is 74.9 Å². The topological polar surface area (TPSA) is 103 Å². The fraction of sp³-hybridized carbons (Fsp3) is 0.591. The maximum Gasteiger partial charge on any atom is 0.249 e. The molecule has 3 N–H and O–H groups in total. The Labute approximate surface area is 189 Å². The summed E-state index contributed by atoms with van der Waals surface area (Å²) in [6.07, 6.45) is 6.14. The summed E-state index contributed by atoms with van der Waals surface area (Å²) in [5, 5.41) is 18.1. The number of fused-ring (bicyclic) bond motifs is 3. The molecule has 0 fully saturated rings. The molecule has 2 atom stereocenters. The van der Waals surface area contributed by atoms with Gasteiger partial charge in [-0.15, -0.1) is 0 Å². The van der Waals surface area contributed by atoms with Crippen molar-refractivity contribution in [2.75, 3.05) is 37.9 Å². The van der Waals surface area contributed by atoms with Gasteiger partial charge in [-0.2, -0.15) is 9.82 Å². The zero-order valence-electron chi connectivity index (χ0n) is 18.9. The molecule has 3 aliphatic rings. The molecule has 0 saturated heterocycles. The van der Waals surface area contributed by atoms with E-state index in [0.717, 1.165) is 44.2 Å². The van der Waals surface area contributed by atoms with Crippen LogP contribution in [0.4, 0.5) is 11.5 Å². The van der Waals surface area contributed by atoms with Crippen LogP contribution in [0.15, 0.2) is 17.2 Å². The first-order valence-corrected chi connectivity index (χ1v) is 12.8. The summed E-state index contributed by atoms with van der Waals surface area (Å²) in [6.45, 7) is 1.32. The van der Waals surface area contributed by atoms with Crippen molar-refractivity contribution < 1.29 is 13.5 Å². The second-order valence-corrected chi connectivity index (χ2v) is 11.1. The second kappa shape index (κ2) is 8.02. The molecular formula is C22H32N6O3S. The number of nitrogens with one attached hydrogen (secondary N) is 2. The van der Waals surface area contributed by atoms with Crippen LogP contribution in [0.1, 0.15) is 35.1 Å². The fourth-order valence-electron chi connectivity index (χ4n) is 5.42. The van der Waals surface area contributed by atoms with E-state index in [4.69, 9.17) is 0 Å². The molecule has 10 heteroatoms. The van der Waals surface area contributed by atoms with Crippen LogP contribution in [0.2, 0.25) is 0 Å². The third-order valence-corrected chi connectivity index (χ3v) is 8.45. The number of sulfonamides is 1. The maximum absolute atomic E-state index is 13.2.